The molecule has 18 heteroatoms. The number of carbonyl (C=O) groups excluding carboxylic acids is 1. The lowest BCUT2D eigenvalue weighted by atomic mass is 9.94. The number of halogens is 5. The number of nitriles is 1. The SMILES string of the molecule is CC(C)(C)OC(=O)Nc1sc2c(F)ccc(-c3c(Cl)cc4c(N5CCCn6nc(N)c(Cl)c6C5)nc(OCC56CCCN5C/C(=C\F)C6)nc4c3F)c2c1C#N. The van der Waals surface area contributed by atoms with Crippen molar-refractivity contribution in [1.82, 2.24) is 24.6 Å². The van der Waals surface area contributed by atoms with Crippen molar-refractivity contribution < 1.29 is 27.4 Å². The van der Waals surface area contributed by atoms with Crippen molar-refractivity contribution in [3.63, 3.8) is 0 Å². The molecule has 0 bridgehead atoms. The van der Waals surface area contributed by atoms with Gasteiger partial charge in [-0.3, -0.25) is 14.9 Å². The molecular weight excluding hydrogens is 790 g/mol. The van der Waals surface area contributed by atoms with Crippen molar-refractivity contribution in [3.8, 4) is 23.2 Å². The lowest BCUT2D eigenvalue weighted by Crippen LogP contribution is -2.43. The van der Waals surface area contributed by atoms with Crippen LogP contribution in [0.15, 0.2) is 30.1 Å². The van der Waals surface area contributed by atoms with E-state index in [0.717, 1.165) is 36.8 Å². The zero-order valence-corrected chi connectivity index (χ0v) is 32.9. The van der Waals surface area contributed by atoms with Crippen LogP contribution in [-0.2, 0) is 17.8 Å². The predicted molar refractivity (Wildman–Crippen MR) is 210 cm³/mol. The van der Waals surface area contributed by atoms with Gasteiger partial charge in [0, 0.05) is 36.0 Å². The topological polar surface area (TPSA) is 147 Å². The molecule has 56 heavy (non-hydrogen) atoms. The van der Waals surface area contributed by atoms with Gasteiger partial charge in [-0.2, -0.15) is 20.3 Å². The van der Waals surface area contributed by atoms with E-state index < -0.39 is 28.9 Å². The molecular formula is C38H36Cl2F3N9O3S. The van der Waals surface area contributed by atoms with Gasteiger partial charge in [-0.1, -0.05) is 29.3 Å². The molecule has 8 rings (SSSR count). The van der Waals surface area contributed by atoms with E-state index in [9.17, 15) is 14.4 Å². The van der Waals surface area contributed by atoms with E-state index in [1.165, 1.54) is 12.1 Å². The van der Waals surface area contributed by atoms with E-state index in [0.29, 0.717) is 60.9 Å². The maximum Gasteiger partial charge on any atom is 0.412 e. The number of nitrogens with zero attached hydrogens (tertiary/aromatic N) is 7. The summed E-state index contributed by atoms with van der Waals surface area (Å²) in [6.07, 6.45) is 2.62. The first-order valence-electron chi connectivity index (χ1n) is 18.0. The van der Waals surface area contributed by atoms with Crippen LogP contribution >= 0.6 is 34.5 Å². The molecule has 3 aliphatic heterocycles. The number of carbonyl (C=O) groups is 1. The molecule has 3 aliphatic rings. The predicted octanol–water partition coefficient (Wildman–Crippen LogP) is 8.97. The van der Waals surface area contributed by atoms with Crippen molar-refractivity contribution in [2.24, 2.45) is 0 Å². The van der Waals surface area contributed by atoms with Crippen molar-refractivity contribution in [2.45, 2.75) is 70.7 Å². The molecule has 0 aliphatic carbocycles. The van der Waals surface area contributed by atoms with Crippen LogP contribution in [0.2, 0.25) is 10.0 Å². The van der Waals surface area contributed by atoms with Gasteiger partial charge in [0.05, 0.1) is 39.4 Å². The summed E-state index contributed by atoms with van der Waals surface area (Å²) in [6.45, 7) is 7.71. The van der Waals surface area contributed by atoms with E-state index >= 15 is 8.78 Å². The van der Waals surface area contributed by atoms with Gasteiger partial charge in [-0.25, -0.2) is 18.0 Å². The summed E-state index contributed by atoms with van der Waals surface area (Å²) >= 11 is 14.4. The molecule has 0 radical (unpaired) electrons. The first-order valence-corrected chi connectivity index (χ1v) is 19.5. The molecule has 12 nitrogen and oxygen atoms in total. The molecule has 2 fully saturated rings. The molecule has 3 aromatic heterocycles. The summed E-state index contributed by atoms with van der Waals surface area (Å²) in [5, 5.41) is 17.8. The van der Waals surface area contributed by atoms with Crippen molar-refractivity contribution >= 4 is 78.3 Å². The average molecular weight is 827 g/mol. The van der Waals surface area contributed by atoms with Gasteiger partial charge in [0.2, 0.25) is 0 Å². The number of nitrogen functional groups attached to an aromatic ring is 1. The summed E-state index contributed by atoms with van der Waals surface area (Å²) in [4.78, 5) is 26.3. The highest BCUT2D eigenvalue weighted by molar-refractivity contribution is 7.23. The van der Waals surface area contributed by atoms with Crippen LogP contribution in [-0.4, -0.2) is 68.1 Å². The fourth-order valence-electron chi connectivity index (χ4n) is 8.02. The number of nitrogens with two attached hydrogens (primary N) is 1. The second kappa shape index (κ2) is 14.3. The quantitative estimate of drug-likeness (QED) is 0.170. The van der Waals surface area contributed by atoms with Gasteiger partial charge in [0.15, 0.2) is 11.6 Å². The first-order chi connectivity index (χ1) is 26.7. The van der Waals surface area contributed by atoms with Crippen LogP contribution in [0.3, 0.4) is 0 Å². The molecule has 0 saturated carbocycles. The summed E-state index contributed by atoms with van der Waals surface area (Å²) in [6, 6.07) is 5.96. The number of amides is 1. The Kier molecular flexibility index (Phi) is 9.71. The number of hydrogen-bond acceptors (Lipinski definition) is 11. The fourth-order valence-corrected chi connectivity index (χ4v) is 9.58. The monoisotopic (exact) mass is 825 g/mol. The molecule has 2 saturated heterocycles. The molecule has 5 aromatic rings. The second-order valence-electron chi connectivity index (χ2n) is 15.2. The van der Waals surface area contributed by atoms with Gasteiger partial charge in [0.25, 0.3) is 0 Å². The number of hydrogen-bond donors (Lipinski definition) is 2. The highest BCUT2D eigenvalue weighted by Crippen LogP contribution is 2.47. The molecule has 3 N–H and O–H groups in total. The molecule has 1 atom stereocenters. The number of anilines is 3. The smallest absolute Gasteiger partial charge is 0.412 e. The van der Waals surface area contributed by atoms with Crippen LogP contribution in [0.4, 0.5) is 34.6 Å². The zero-order chi connectivity index (χ0) is 39.7. The number of benzene rings is 2. The first kappa shape index (κ1) is 38.1. The number of ether oxygens (including phenoxy) is 2. The Morgan fingerprint density at radius 2 is 1.98 bits per heavy atom. The van der Waals surface area contributed by atoms with E-state index in [1.54, 1.807) is 25.5 Å². The number of aromatic nitrogens is 4. The summed E-state index contributed by atoms with van der Waals surface area (Å²) in [7, 11) is 0. The average Bonchev–Trinajstić information content (AvgIpc) is 3.83. The fraction of sp³-hybridized carbons (Fsp3) is 0.395. The van der Waals surface area contributed by atoms with Crippen molar-refractivity contribution in [1.29, 1.82) is 5.26 Å². The minimum Gasteiger partial charge on any atom is -0.461 e. The van der Waals surface area contributed by atoms with Crippen LogP contribution in [0.25, 0.3) is 32.1 Å². The molecule has 1 unspecified atom stereocenters. The maximum absolute atomic E-state index is 17.4. The van der Waals surface area contributed by atoms with Crippen molar-refractivity contribution in [3.05, 3.63) is 63.0 Å². The van der Waals surface area contributed by atoms with Crippen molar-refractivity contribution in [2.75, 3.05) is 42.2 Å². The minimum atomic E-state index is -0.864. The van der Waals surface area contributed by atoms with Gasteiger partial charge in [0.1, 0.15) is 45.5 Å². The van der Waals surface area contributed by atoms with Crippen LogP contribution in [0, 0.1) is 23.0 Å². The zero-order valence-electron chi connectivity index (χ0n) is 30.6. The third-order valence-electron chi connectivity index (χ3n) is 10.4. The molecule has 1 amide bonds. The minimum absolute atomic E-state index is 0.00374. The third-order valence-corrected chi connectivity index (χ3v) is 12.2. The Balaban J connectivity index is 1.28. The Morgan fingerprint density at radius 3 is 2.73 bits per heavy atom. The Labute approximate surface area is 333 Å². The lowest BCUT2D eigenvalue weighted by Gasteiger charge is -2.31. The maximum atomic E-state index is 17.4. The standard InChI is InChI=1S/C38H36Cl2F3N9O3S/c1-37(2,3)55-36(53)48-34-22(15-44)26-20(6-7-24(42)31(26)56-34)27-23(39)12-21-30(29(27)43)46-35(54-18-38-8-4-10-51(38)16-19(13-38)14-41)47-33(21)50-9-5-11-52-25(17-50)28(40)32(45)49-52/h6-7,12,14H,4-5,8-11,13,16-18H2,1-3H3,(H2,45,49)(H,48,53)/b19-14-. The number of rotatable bonds is 6. The van der Waals surface area contributed by atoms with Gasteiger partial charge >= 0.3 is 12.1 Å². The summed E-state index contributed by atoms with van der Waals surface area (Å²) in [5.41, 5.74) is 5.83. The lowest BCUT2D eigenvalue weighted by molar-refractivity contribution is 0.0636. The molecule has 0 spiro atoms. The normalized spacial score (nSPS) is 19.3. The number of nitrogens with one attached hydrogen (secondary N) is 1. The van der Waals surface area contributed by atoms with Crippen LogP contribution < -0.4 is 20.7 Å². The highest BCUT2D eigenvalue weighted by Gasteiger charge is 2.47. The van der Waals surface area contributed by atoms with E-state index in [1.807, 2.05) is 11.0 Å². The van der Waals surface area contributed by atoms with E-state index in [-0.39, 0.29) is 72.7 Å². The summed E-state index contributed by atoms with van der Waals surface area (Å²) in [5.74, 6) is -1.04. The van der Waals surface area contributed by atoms with Crippen LogP contribution in [0.5, 0.6) is 6.01 Å². The van der Waals surface area contributed by atoms with E-state index in [2.05, 4.69) is 20.3 Å². The molecule has 292 valence electrons. The number of aryl methyl sites for hydroxylation is 1. The van der Waals surface area contributed by atoms with Gasteiger partial charge in [-0.05, 0) is 76.3 Å². The Morgan fingerprint density at radius 1 is 1.18 bits per heavy atom. The van der Waals surface area contributed by atoms with Crippen LogP contribution in [0.1, 0.15) is 57.7 Å². The number of fused-ring (bicyclic) bond motifs is 4. The largest absolute Gasteiger partial charge is 0.461 e. The Hall–Kier alpha value is -4.82. The third kappa shape index (κ3) is 6.63. The number of thiophene rings is 1. The van der Waals surface area contributed by atoms with E-state index in [4.69, 9.17) is 43.4 Å². The van der Waals surface area contributed by atoms with Gasteiger partial charge < -0.3 is 20.1 Å². The summed E-state index contributed by atoms with van der Waals surface area (Å²) < 4.78 is 60.0. The molecule has 2 aromatic carbocycles. The van der Waals surface area contributed by atoms with Gasteiger partial charge in [-0.15, -0.1) is 11.3 Å². The second-order valence-corrected chi connectivity index (χ2v) is 17.0. The highest BCUT2D eigenvalue weighted by atomic mass is 35.5. The Bertz CT molecular complexity index is 2510. The molecule has 6 heterocycles.